The molecule has 1 aromatic rings. The fourth-order valence-corrected chi connectivity index (χ4v) is 2.09. The van der Waals surface area contributed by atoms with Gasteiger partial charge in [-0.2, -0.15) is 10.2 Å². The van der Waals surface area contributed by atoms with Crippen molar-refractivity contribution < 1.29 is 9.32 Å². The quantitative estimate of drug-likeness (QED) is 0.847. The molecular formula is C12H17N5O2. The van der Waals surface area contributed by atoms with E-state index in [1.54, 1.807) is 4.90 Å². The van der Waals surface area contributed by atoms with Gasteiger partial charge in [-0.3, -0.25) is 4.79 Å². The van der Waals surface area contributed by atoms with Crippen LogP contribution in [0.1, 0.15) is 48.7 Å². The molecule has 0 saturated carbocycles. The molecule has 1 unspecified atom stereocenters. The molecule has 7 nitrogen and oxygen atoms in total. The van der Waals surface area contributed by atoms with Crippen LogP contribution >= 0.6 is 0 Å². The van der Waals surface area contributed by atoms with Crippen molar-refractivity contribution in [2.75, 3.05) is 19.6 Å². The van der Waals surface area contributed by atoms with Gasteiger partial charge in [-0.15, -0.1) is 0 Å². The van der Waals surface area contributed by atoms with Gasteiger partial charge in [0.05, 0.1) is 18.5 Å². The maximum absolute atomic E-state index is 12.1. The van der Waals surface area contributed by atoms with Crippen LogP contribution in [0, 0.1) is 11.3 Å². The van der Waals surface area contributed by atoms with Crippen LogP contribution in [0.2, 0.25) is 0 Å². The third-order valence-corrected chi connectivity index (χ3v) is 3.15. The molecule has 19 heavy (non-hydrogen) atoms. The maximum Gasteiger partial charge on any atom is 0.295 e. The summed E-state index contributed by atoms with van der Waals surface area (Å²) in [6.07, 6.45) is 2.32. The van der Waals surface area contributed by atoms with Crippen molar-refractivity contribution in [3.05, 3.63) is 11.7 Å². The van der Waals surface area contributed by atoms with E-state index in [9.17, 15) is 4.79 Å². The summed E-state index contributed by atoms with van der Waals surface area (Å²) in [7, 11) is 0. The van der Waals surface area contributed by atoms with Gasteiger partial charge in [0.1, 0.15) is 0 Å². The van der Waals surface area contributed by atoms with E-state index >= 15 is 0 Å². The third kappa shape index (κ3) is 3.09. The average molecular weight is 263 g/mol. The number of aromatic nitrogens is 2. The van der Waals surface area contributed by atoms with Crippen LogP contribution in [0.15, 0.2) is 4.52 Å². The van der Waals surface area contributed by atoms with Gasteiger partial charge < -0.3 is 14.7 Å². The Kier molecular flexibility index (Phi) is 4.47. The summed E-state index contributed by atoms with van der Waals surface area (Å²) < 4.78 is 5.13. The highest BCUT2D eigenvalue weighted by atomic mass is 16.5. The first kappa shape index (κ1) is 13.5. The summed E-state index contributed by atoms with van der Waals surface area (Å²) in [5, 5.41) is 15.5. The van der Waals surface area contributed by atoms with E-state index in [1.807, 2.05) is 13.0 Å². The summed E-state index contributed by atoms with van der Waals surface area (Å²) in [5.74, 6) is 0.256. The zero-order valence-electron chi connectivity index (χ0n) is 10.9. The van der Waals surface area contributed by atoms with Gasteiger partial charge in [-0.05, 0) is 26.3 Å². The second kappa shape index (κ2) is 6.29. The van der Waals surface area contributed by atoms with Crippen molar-refractivity contribution in [3.8, 4) is 6.07 Å². The molecule has 1 atom stereocenters. The molecule has 1 aliphatic rings. The Bertz CT molecular complexity index is 473. The van der Waals surface area contributed by atoms with Crippen LogP contribution in [0.5, 0.6) is 0 Å². The molecule has 1 fully saturated rings. The minimum absolute atomic E-state index is 0.0586. The van der Waals surface area contributed by atoms with Crippen LogP contribution in [-0.2, 0) is 0 Å². The molecule has 1 amide bonds. The van der Waals surface area contributed by atoms with Gasteiger partial charge in [-0.1, -0.05) is 5.16 Å². The molecule has 2 rings (SSSR count). The Morgan fingerprint density at radius 3 is 3.16 bits per heavy atom. The Balaban J connectivity index is 2.04. The lowest BCUT2D eigenvalue weighted by Crippen LogP contribution is -2.32. The predicted octanol–water partition coefficient (Wildman–Crippen LogP) is 0.870. The standard InChI is InChI=1S/C12H17N5O2/c1-2-17(8-4-6-13)12(18)10-15-11(19-16-10)9-5-3-7-14-9/h9,14H,2-5,7-8H2,1H3. The molecule has 7 heteroatoms. The van der Waals surface area contributed by atoms with E-state index < -0.39 is 0 Å². The molecule has 102 valence electrons. The van der Waals surface area contributed by atoms with Gasteiger partial charge in [-0.25, -0.2) is 0 Å². The second-order valence-electron chi connectivity index (χ2n) is 4.40. The first-order chi connectivity index (χ1) is 9.26. The predicted molar refractivity (Wildman–Crippen MR) is 66.1 cm³/mol. The van der Waals surface area contributed by atoms with E-state index in [-0.39, 0.29) is 17.8 Å². The SMILES string of the molecule is CCN(CCC#N)C(=O)c1noc(C2CCCN2)n1. The molecule has 0 spiro atoms. The number of carbonyl (C=O) groups excluding carboxylic acids is 1. The van der Waals surface area contributed by atoms with Crippen LogP contribution in [0.3, 0.4) is 0 Å². The molecule has 0 radical (unpaired) electrons. The summed E-state index contributed by atoms with van der Waals surface area (Å²) in [6, 6.07) is 2.08. The normalized spacial score (nSPS) is 18.2. The molecule has 0 aromatic carbocycles. The van der Waals surface area contributed by atoms with Crippen LogP contribution < -0.4 is 5.32 Å². The van der Waals surface area contributed by atoms with Crippen molar-refractivity contribution in [3.63, 3.8) is 0 Å². The van der Waals surface area contributed by atoms with Gasteiger partial charge >= 0.3 is 0 Å². The molecule has 1 saturated heterocycles. The largest absolute Gasteiger partial charge is 0.337 e. The van der Waals surface area contributed by atoms with E-state index in [4.69, 9.17) is 9.78 Å². The number of rotatable bonds is 5. The zero-order chi connectivity index (χ0) is 13.7. The van der Waals surface area contributed by atoms with Crippen molar-refractivity contribution in [2.24, 2.45) is 0 Å². The molecule has 0 bridgehead atoms. The van der Waals surface area contributed by atoms with Crippen molar-refractivity contribution in [1.29, 1.82) is 5.26 Å². The highest BCUT2D eigenvalue weighted by Crippen LogP contribution is 2.21. The molecule has 2 heterocycles. The second-order valence-corrected chi connectivity index (χ2v) is 4.40. The summed E-state index contributed by atoms with van der Waals surface area (Å²) in [4.78, 5) is 17.8. The van der Waals surface area contributed by atoms with Crippen molar-refractivity contribution in [1.82, 2.24) is 20.4 Å². The van der Waals surface area contributed by atoms with Gasteiger partial charge in [0.25, 0.3) is 11.7 Å². The smallest absolute Gasteiger partial charge is 0.295 e. The average Bonchev–Trinajstić information content (AvgIpc) is 3.10. The van der Waals surface area contributed by atoms with Gasteiger partial charge in [0, 0.05) is 13.1 Å². The maximum atomic E-state index is 12.1. The van der Waals surface area contributed by atoms with Crippen LogP contribution in [0.4, 0.5) is 0 Å². The Hall–Kier alpha value is -1.94. The fraction of sp³-hybridized carbons (Fsp3) is 0.667. The Morgan fingerprint density at radius 2 is 2.53 bits per heavy atom. The van der Waals surface area contributed by atoms with E-state index in [1.165, 1.54) is 0 Å². The molecule has 1 aromatic heterocycles. The summed E-state index contributed by atoms with van der Waals surface area (Å²) >= 11 is 0. The van der Waals surface area contributed by atoms with E-state index in [0.717, 1.165) is 19.4 Å². The minimum atomic E-state index is -0.286. The third-order valence-electron chi connectivity index (χ3n) is 3.15. The fourth-order valence-electron chi connectivity index (χ4n) is 2.09. The monoisotopic (exact) mass is 263 g/mol. The lowest BCUT2D eigenvalue weighted by atomic mass is 10.2. The van der Waals surface area contributed by atoms with Crippen LogP contribution in [0.25, 0.3) is 0 Å². The zero-order valence-corrected chi connectivity index (χ0v) is 10.9. The lowest BCUT2D eigenvalue weighted by molar-refractivity contribution is 0.0752. The lowest BCUT2D eigenvalue weighted by Gasteiger charge is -2.16. The van der Waals surface area contributed by atoms with E-state index in [0.29, 0.717) is 25.4 Å². The summed E-state index contributed by atoms with van der Waals surface area (Å²) in [5.41, 5.74) is 0. The number of nitrogens with zero attached hydrogens (tertiary/aromatic N) is 4. The van der Waals surface area contributed by atoms with E-state index in [2.05, 4.69) is 15.5 Å². The minimum Gasteiger partial charge on any atom is -0.337 e. The molecule has 1 N–H and O–H groups in total. The highest BCUT2D eigenvalue weighted by Gasteiger charge is 2.25. The topological polar surface area (TPSA) is 95.0 Å². The first-order valence-electron chi connectivity index (χ1n) is 6.49. The molecule has 1 aliphatic heterocycles. The van der Waals surface area contributed by atoms with Crippen molar-refractivity contribution >= 4 is 5.91 Å². The number of amides is 1. The number of carbonyl (C=O) groups is 1. The number of hydrogen-bond acceptors (Lipinski definition) is 6. The molecular weight excluding hydrogens is 246 g/mol. The number of nitrogens with one attached hydrogen (secondary N) is 1. The van der Waals surface area contributed by atoms with Gasteiger partial charge in [0.15, 0.2) is 0 Å². The number of hydrogen-bond donors (Lipinski definition) is 1. The van der Waals surface area contributed by atoms with Crippen LogP contribution in [-0.4, -0.2) is 40.6 Å². The Labute approximate surface area is 111 Å². The first-order valence-corrected chi connectivity index (χ1v) is 6.49. The van der Waals surface area contributed by atoms with Gasteiger partial charge in [0.2, 0.25) is 5.89 Å². The summed E-state index contributed by atoms with van der Waals surface area (Å²) in [6.45, 7) is 3.69. The number of nitriles is 1. The van der Waals surface area contributed by atoms with Crippen molar-refractivity contribution in [2.45, 2.75) is 32.2 Å². The Morgan fingerprint density at radius 1 is 1.68 bits per heavy atom. The molecule has 0 aliphatic carbocycles. The highest BCUT2D eigenvalue weighted by molar-refractivity contribution is 5.90.